The Kier molecular flexibility index (Phi) is 5.43. The lowest BCUT2D eigenvalue weighted by Gasteiger charge is -2.11. The van der Waals surface area contributed by atoms with Gasteiger partial charge in [0.1, 0.15) is 23.4 Å². The summed E-state index contributed by atoms with van der Waals surface area (Å²) in [6.45, 7) is 3.76. The lowest BCUT2D eigenvalue weighted by molar-refractivity contribution is 0.102. The maximum atomic E-state index is 12.7. The summed E-state index contributed by atoms with van der Waals surface area (Å²) in [6.07, 6.45) is 0.816. The largest absolute Gasteiger partial charge is 0.339 e. The highest BCUT2D eigenvalue weighted by Gasteiger charge is 2.13. The fourth-order valence-electron chi connectivity index (χ4n) is 2.71. The number of amides is 1. The molecule has 3 aromatic rings. The summed E-state index contributed by atoms with van der Waals surface area (Å²) < 4.78 is 0. The number of benzene rings is 2. The van der Waals surface area contributed by atoms with Gasteiger partial charge in [0, 0.05) is 11.8 Å². The van der Waals surface area contributed by atoms with E-state index in [9.17, 15) is 10.1 Å². The Morgan fingerprint density at radius 2 is 1.78 bits per heavy atom. The van der Waals surface area contributed by atoms with Crippen molar-refractivity contribution in [2.24, 2.45) is 0 Å². The van der Waals surface area contributed by atoms with Gasteiger partial charge in [0.05, 0.1) is 11.3 Å². The van der Waals surface area contributed by atoms with Crippen molar-refractivity contribution < 1.29 is 4.79 Å². The van der Waals surface area contributed by atoms with E-state index in [1.165, 1.54) is 0 Å². The molecule has 0 saturated heterocycles. The number of hydrogen-bond donors (Lipinski definition) is 2. The molecule has 6 heteroatoms. The topological polar surface area (TPSA) is 90.7 Å². The second-order valence-electron chi connectivity index (χ2n) is 5.93. The number of rotatable bonds is 5. The molecule has 0 atom stereocenters. The highest BCUT2D eigenvalue weighted by atomic mass is 16.1. The van der Waals surface area contributed by atoms with Crippen LogP contribution in [0.1, 0.15) is 34.4 Å². The molecule has 0 aliphatic carbocycles. The van der Waals surface area contributed by atoms with Gasteiger partial charge >= 0.3 is 0 Å². The van der Waals surface area contributed by atoms with Gasteiger partial charge in [-0.1, -0.05) is 37.3 Å². The first-order valence-electron chi connectivity index (χ1n) is 8.61. The number of aryl methyl sites for hydroxylation is 2. The molecule has 134 valence electrons. The van der Waals surface area contributed by atoms with Crippen molar-refractivity contribution in [2.75, 3.05) is 10.6 Å². The number of nitriles is 1. The summed E-state index contributed by atoms with van der Waals surface area (Å²) in [4.78, 5) is 21.2. The van der Waals surface area contributed by atoms with Crippen LogP contribution in [0.5, 0.6) is 0 Å². The number of para-hydroxylation sites is 2. The lowest BCUT2D eigenvalue weighted by Crippen LogP contribution is -2.16. The van der Waals surface area contributed by atoms with Gasteiger partial charge in [0.2, 0.25) is 0 Å². The smallest absolute Gasteiger partial charge is 0.274 e. The molecule has 6 nitrogen and oxygen atoms in total. The first kappa shape index (κ1) is 18.1. The van der Waals surface area contributed by atoms with E-state index in [1.807, 2.05) is 37.3 Å². The van der Waals surface area contributed by atoms with Crippen molar-refractivity contribution in [1.29, 1.82) is 5.26 Å². The van der Waals surface area contributed by atoms with Crippen LogP contribution < -0.4 is 10.6 Å². The number of carbonyl (C=O) groups excluding carboxylic acids is 1. The Bertz CT molecular complexity index is 1020. The van der Waals surface area contributed by atoms with E-state index in [2.05, 4.69) is 26.7 Å². The minimum Gasteiger partial charge on any atom is -0.339 e. The van der Waals surface area contributed by atoms with Gasteiger partial charge < -0.3 is 10.6 Å². The lowest BCUT2D eigenvalue weighted by atomic mass is 10.1. The molecule has 2 N–H and O–H groups in total. The molecule has 0 radical (unpaired) electrons. The molecule has 27 heavy (non-hydrogen) atoms. The monoisotopic (exact) mass is 357 g/mol. The van der Waals surface area contributed by atoms with Gasteiger partial charge in [0.25, 0.3) is 5.91 Å². The van der Waals surface area contributed by atoms with Crippen molar-refractivity contribution in [1.82, 2.24) is 9.97 Å². The van der Waals surface area contributed by atoms with Crippen LogP contribution in [0.25, 0.3) is 0 Å². The molecule has 2 aromatic carbocycles. The maximum Gasteiger partial charge on any atom is 0.274 e. The SMILES string of the molecule is CCc1ccccc1NC(=O)c1cc(Nc2ccccc2C#N)nc(C)n1. The third kappa shape index (κ3) is 4.28. The number of nitrogens with zero attached hydrogens (tertiary/aromatic N) is 3. The van der Waals surface area contributed by atoms with Gasteiger partial charge in [-0.2, -0.15) is 5.26 Å². The predicted molar refractivity (Wildman–Crippen MR) is 105 cm³/mol. The third-order valence-corrected chi connectivity index (χ3v) is 4.03. The number of aromatic nitrogens is 2. The molecule has 0 bridgehead atoms. The molecule has 0 fully saturated rings. The third-order valence-electron chi connectivity index (χ3n) is 4.03. The molecule has 0 aliphatic rings. The Hall–Kier alpha value is -3.72. The molecular formula is C21H19N5O. The summed E-state index contributed by atoms with van der Waals surface area (Å²) >= 11 is 0. The maximum absolute atomic E-state index is 12.7. The molecule has 0 unspecified atom stereocenters. The minimum atomic E-state index is -0.307. The zero-order valence-electron chi connectivity index (χ0n) is 15.2. The van der Waals surface area contributed by atoms with E-state index < -0.39 is 0 Å². The summed E-state index contributed by atoms with van der Waals surface area (Å²) in [5.41, 5.74) is 3.20. The van der Waals surface area contributed by atoms with Gasteiger partial charge in [-0.25, -0.2) is 9.97 Å². The first-order chi connectivity index (χ1) is 13.1. The fourth-order valence-corrected chi connectivity index (χ4v) is 2.71. The molecule has 0 aliphatic heterocycles. The predicted octanol–water partition coefficient (Wildman–Crippen LogP) is 4.22. The number of carbonyl (C=O) groups is 1. The second kappa shape index (κ2) is 8.11. The molecule has 0 saturated carbocycles. The minimum absolute atomic E-state index is 0.255. The van der Waals surface area contributed by atoms with E-state index in [0.717, 1.165) is 17.7 Å². The van der Waals surface area contributed by atoms with Crippen LogP contribution in [-0.2, 0) is 6.42 Å². The molecule has 3 rings (SSSR count). The van der Waals surface area contributed by atoms with Crippen molar-refractivity contribution >= 4 is 23.1 Å². The highest BCUT2D eigenvalue weighted by Crippen LogP contribution is 2.20. The van der Waals surface area contributed by atoms with Crippen LogP contribution in [-0.4, -0.2) is 15.9 Å². The Morgan fingerprint density at radius 3 is 2.52 bits per heavy atom. The molecule has 1 aromatic heterocycles. The van der Waals surface area contributed by atoms with E-state index in [4.69, 9.17) is 0 Å². The summed E-state index contributed by atoms with van der Waals surface area (Å²) in [5.74, 6) is 0.612. The number of nitrogens with one attached hydrogen (secondary N) is 2. The van der Waals surface area contributed by atoms with E-state index >= 15 is 0 Å². The highest BCUT2D eigenvalue weighted by molar-refractivity contribution is 6.03. The van der Waals surface area contributed by atoms with Crippen LogP contribution in [0.4, 0.5) is 17.2 Å². The first-order valence-corrected chi connectivity index (χ1v) is 8.61. The van der Waals surface area contributed by atoms with Gasteiger partial charge in [0.15, 0.2) is 0 Å². The summed E-state index contributed by atoms with van der Waals surface area (Å²) in [7, 11) is 0. The van der Waals surface area contributed by atoms with E-state index in [1.54, 1.807) is 31.2 Å². The standard InChI is InChI=1S/C21H19N5O/c1-3-15-8-4-6-10-17(15)26-21(27)19-12-20(24-14(2)23-19)25-18-11-7-5-9-16(18)13-22/h4-12H,3H2,1-2H3,(H,26,27)(H,23,24,25). The molecular weight excluding hydrogens is 338 g/mol. The fraction of sp³-hybridized carbons (Fsp3) is 0.143. The van der Waals surface area contributed by atoms with Crippen LogP contribution in [0.15, 0.2) is 54.6 Å². The Morgan fingerprint density at radius 1 is 1.07 bits per heavy atom. The molecule has 0 spiro atoms. The van der Waals surface area contributed by atoms with Crippen molar-refractivity contribution in [3.8, 4) is 6.07 Å². The van der Waals surface area contributed by atoms with Gasteiger partial charge in [-0.15, -0.1) is 0 Å². The van der Waals surface area contributed by atoms with Crippen LogP contribution in [0.3, 0.4) is 0 Å². The van der Waals surface area contributed by atoms with Gasteiger partial charge in [-0.05, 0) is 37.1 Å². The summed E-state index contributed by atoms with van der Waals surface area (Å²) in [5, 5.41) is 15.2. The number of hydrogen-bond acceptors (Lipinski definition) is 5. The Balaban J connectivity index is 1.87. The van der Waals surface area contributed by atoms with Gasteiger partial charge in [-0.3, -0.25) is 4.79 Å². The number of anilines is 3. The van der Waals surface area contributed by atoms with E-state index in [-0.39, 0.29) is 11.6 Å². The van der Waals surface area contributed by atoms with Crippen molar-refractivity contribution in [2.45, 2.75) is 20.3 Å². The van der Waals surface area contributed by atoms with Crippen LogP contribution in [0, 0.1) is 18.3 Å². The van der Waals surface area contributed by atoms with Crippen LogP contribution in [0.2, 0.25) is 0 Å². The van der Waals surface area contributed by atoms with Crippen molar-refractivity contribution in [3.05, 3.63) is 77.2 Å². The Labute approximate surface area is 157 Å². The zero-order valence-corrected chi connectivity index (χ0v) is 15.2. The van der Waals surface area contributed by atoms with Crippen molar-refractivity contribution in [3.63, 3.8) is 0 Å². The average molecular weight is 357 g/mol. The summed E-state index contributed by atoms with van der Waals surface area (Å²) in [6, 6.07) is 18.5. The zero-order chi connectivity index (χ0) is 19.2. The van der Waals surface area contributed by atoms with Crippen LogP contribution >= 0.6 is 0 Å². The normalized spacial score (nSPS) is 10.1. The second-order valence-corrected chi connectivity index (χ2v) is 5.93. The van der Waals surface area contributed by atoms with E-state index in [0.29, 0.717) is 22.9 Å². The molecule has 1 amide bonds. The average Bonchev–Trinajstić information content (AvgIpc) is 2.68. The molecule has 1 heterocycles. The quantitative estimate of drug-likeness (QED) is 0.713.